The fourth-order valence-corrected chi connectivity index (χ4v) is 6.53. The first kappa shape index (κ1) is 36.2. The van der Waals surface area contributed by atoms with Gasteiger partial charge in [-0.15, -0.1) is 0 Å². The monoisotopic (exact) mass is 622 g/mol. The number of unbranched alkanes of at least 4 members (excludes halogenated alkanes) is 9. The van der Waals surface area contributed by atoms with Gasteiger partial charge in [-0.05, 0) is 49.7 Å². The summed E-state index contributed by atoms with van der Waals surface area (Å²) in [6, 6.07) is 10.8. The van der Waals surface area contributed by atoms with E-state index in [1.807, 2.05) is 11.8 Å². The maximum Gasteiger partial charge on any atom is 0.165 e. The first-order valence-electron chi connectivity index (χ1n) is 15.0. The molecule has 10 nitrogen and oxygen atoms in total. The molecule has 3 aromatic rings. The zero-order valence-electron chi connectivity index (χ0n) is 25.5. The molecule has 0 fully saturated rings. The van der Waals surface area contributed by atoms with Gasteiger partial charge < -0.3 is 35.2 Å². The summed E-state index contributed by atoms with van der Waals surface area (Å²) in [7, 11) is -4.05. The Labute approximate surface area is 255 Å². The maximum atomic E-state index is 12.2. The number of thioether (sulfide) groups is 1. The highest BCUT2D eigenvalue weighted by Crippen LogP contribution is 2.37. The number of hydrogen-bond donors (Lipinski definition) is 2. The molecule has 0 saturated carbocycles. The fraction of sp³-hybridized carbons (Fsp3) is 0.633. The molecular weight excluding hydrogens is 571 g/mol. The second kappa shape index (κ2) is 20.8. The summed E-state index contributed by atoms with van der Waals surface area (Å²) >= 11 is 1.87. The van der Waals surface area contributed by atoms with Gasteiger partial charge in [-0.2, -0.15) is 11.8 Å². The molecule has 0 radical (unpaired) electrons. The van der Waals surface area contributed by atoms with Gasteiger partial charge in [-0.25, -0.2) is 15.0 Å². The Hall–Kier alpha value is -2.01. The summed E-state index contributed by atoms with van der Waals surface area (Å²) in [5, 5.41) is 0. The number of quaternary nitrogens is 1. The fourth-order valence-electron chi connectivity index (χ4n) is 4.68. The molecule has 42 heavy (non-hydrogen) atoms. The lowest BCUT2D eigenvalue weighted by molar-refractivity contribution is -0.205. The van der Waals surface area contributed by atoms with Crippen molar-refractivity contribution in [3.05, 3.63) is 48.5 Å². The van der Waals surface area contributed by atoms with E-state index in [-0.39, 0.29) is 18.9 Å². The summed E-state index contributed by atoms with van der Waals surface area (Å²) in [5.74, 6) is 2.33. The first-order chi connectivity index (χ1) is 19.9. The van der Waals surface area contributed by atoms with Crippen LogP contribution < -0.4 is 16.8 Å². The Kier molecular flexibility index (Phi) is 17.9. The molecule has 3 rings (SSSR count). The number of ether oxygens (including phenoxy) is 1. The van der Waals surface area contributed by atoms with E-state index in [4.69, 9.17) is 15.0 Å². The summed E-state index contributed by atoms with van der Waals surface area (Å²) in [4.78, 5) is 24.5. The van der Waals surface area contributed by atoms with Crippen molar-refractivity contribution in [3.8, 4) is 0 Å². The van der Waals surface area contributed by atoms with Crippen LogP contribution in [0.1, 0.15) is 83.1 Å². The van der Waals surface area contributed by atoms with Gasteiger partial charge in [0.05, 0.1) is 25.6 Å². The van der Waals surface area contributed by atoms with Gasteiger partial charge in [0, 0.05) is 0 Å². The minimum absolute atomic E-state index is 0. The zero-order valence-corrected chi connectivity index (χ0v) is 27.2. The molecule has 236 valence electrons. The highest BCUT2D eigenvalue weighted by Gasteiger charge is 2.14. The number of benzene rings is 1. The number of nitrogens with zero attached hydrogens (tertiary/aromatic N) is 4. The molecule has 2 aromatic heterocycles. The minimum atomic E-state index is -4.05. The number of imidazole rings is 1. The summed E-state index contributed by atoms with van der Waals surface area (Å²) in [5.41, 5.74) is 8.37. The number of rotatable bonds is 23. The number of aryl methyl sites for hydroxylation is 1. The average molecular weight is 623 g/mol. The van der Waals surface area contributed by atoms with E-state index in [0.29, 0.717) is 29.9 Å². The van der Waals surface area contributed by atoms with Crippen molar-refractivity contribution in [1.29, 1.82) is 0 Å². The Bertz CT molecular complexity index is 1170. The van der Waals surface area contributed by atoms with Crippen LogP contribution in [0.2, 0.25) is 0 Å². The Morgan fingerprint density at radius 2 is 1.57 bits per heavy atom. The summed E-state index contributed by atoms with van der Waals surface area (Å²) in [6.45, 7) is 2.38. The number of nitrogens with two attached hydrogens (primary N) is 1. The van der Waals surface area contributed by atoms with Crippen LogP contribution in [-0.4, -0.2) is 50.1 Å². The topological polar surface area (TPSA) is 165 Å². The highest BCUT2D eigenvalue weighted by atomic mass is 32.2. The van der Waals surface area contributed by atoms with Crippen LogP contribution in [-0.2, 0) is 26.8 Å². The third-order valence-corrected chi connectivity index (χ3v) is 9.16. The van der Waals surface area contributed by atoms with Gasteiger partial charge in [0.15, 0.2) is 19.1 Å². The normalized spacial score (nSPS) is 13.6. The summed E-state index contributed by atoms with van der Waals surface area (Å²) < 4.78 is 24.6. The molecule has 2 atom stereocenters. The van der Waals surface area contributed by atoms with Crippen LogP contribution in [0.25, 0.3) is 11.2 Å². The van der Waals surface area contributed by atoms with Crippen LogP contribution in [0.4, 0.5) is 5.82 Å². The molecule has 0 spiro atoms. The number of hydrogen-bond acceptors (Lipinski definition) is 9. The lowest BCUT2D eigenvalue weighted by Crippen LogP contribution is -2.20. The van der Waals surface area contributed by atoms with Crippen molar-refractivity contribution in [2.75, 3.05) is 30.2 Å². The number of anilines is 1. The molecule has 12 heteroatoms. The van der Waals surface area contributed by atoms with E-state index >= 15 is 0 Å². The quantitative estimate of drug-likeness (QED) is 0.0838. The minimum Gasteiger partial charge on any atom is -0.777 e. The largest absolute Gasteiger partial charge is 0.777 e. The molecule has 0 saturated heterocycles. The van der Waals surface area contributed by atoms with E-state index in [9.17, 15) is 9.46 Å². The Balaban J connectivity index is 0.00000616. The molecule has 0 bridgehead atoms. The van der Waals surface area contributed by atoms with Gasteiger partial charge in [-0.3, -0.25) is 0 Å². The van der Waals surface area contributed by atoms with Crippen LogP contribution in [0, 0.1) is 0 Å². The predicted octanol–water partition coefficient (Wildman–Crippen LogP) is 6.98. The molecule has 0 aliphatic carbocycles. The lowest BCUT2D eigenvalue weighted by Gasteiger charge is -2.25. The van der Waals surface area contributed by atoms with Gasteiger partial charge in [-0.1, -0.05) is 81.7 Å². The SMILES string of the molecule is C[C@H](Cn1cnc2c(N)ncnc21)OCP(=O)([O-])OCCCSCCCCCCCCCCCCc1ccccc1.[NH4+]. The van der Waals surface area contributed by atoms with Gasteiger partial charge >= 0.3 is 0 Å². The van der Waals surface area contributed by atoms with Gasteiger partial charge in [0.25, 0.3) is 0 Å². The van der Waals surface area contributed by atoms with E-state index in [1.165, 1.54) is 82.5 Å². The van der Waals surface area contributed by atoms with Crippen LogP contribution in [0.5, 0.6) is 0 Å². The van der Waals surface area contributed by atoms with Crippen molar-refractivity contribution in [1.82, 2.24) is 25.7 Å². The molecule has 1 aromatic carbocycles. The molecule has 2 heterocycles. The maximum absolute atomic E-state index is 12.2. The first-order valence-corrected chi connectivity index (χ1v) is 17.9. The molecule has 1 unspecified atom stereocenters. The van der Waals surface area contributed by atoms with Crippen LogP contribution >= 0.6 is 19.4 Å². The third kappa shape index (κ3) is 14.4. The van der Waals surface area contributed by atoms with Crippen LogP contribution in [0.3, 0.4) is 0 Å². The molecule has 0 amide bonds. The number of aromatic nitrogens is 4. The summed E-state index contributed by atoms with van der Waals surface area (Å²) in [6.07, 6.45) is 17.3. The van der Waals surface area contributed by atoms with Gasteiger partial charge in [0.2, 0.25) is 0 Å². The van der Waals surface area contributed by atoms with E-state index < -0.39 is 13.9 Å². The smallest absolute Gasteiger partial charge is 0.165 e. The molecular formula is C30H51N6O4PS. The second-order valence-electron chi connectivity index (χ2n) is 10.6. The van der Waals surface area contributed by atoms with Crippen molar-refractivity contribution in [3.63, 3.8) is 0 Å². The average Bonchev–Trinajstić information content (AvgIpc) is 3.38. The van der Waals surface area contributed by atoms with Crippen LogP contribution in [0.15, 0.2) is 43.0 Å². The standard InChI is InChI=1S/C30H48N5O4PS.H3N/c1-26(22-35-24-34-28-29(31)32-23-33-30(28)35)38-25-40(36,37)39-19-15-21-41-20-14-9-7-5-3-2-4-6-8-11-16-27-17-12-10-13-18-27;/h10,12-13,17-18,23-24,26H,2-9,11,14-16,19-22,25H2,1H3,(H,36,37)(H2,31,32,33);1H3/t26-;/m1./s1. The van der Waals surface area contributed by atoms with Crippen molar-refractivity contribution in [2.24, 2.45) is 0 Å². The molecule has 6 N–H and O–H groups in total. The third-order valence-electron chi connectivity index (χ3n) is 6.97. The van der Waals surface area contributed by atoms with Crippen molar-refractivity contribution < 1.29 is 18.7 Å². The molecule has 0 aliphatic rings. The number of fused-ring (bicyclic) bond motifs is 1. The van der Waals surface area contributed by atoms with Crippen molar-refractivity contribution in [2.45, 2.75) is 96.6 Å². The zero-order chi connectivity index (χ0) is 29.2. The highest BCUT2D eigenvalue weighted by molar-refractivity contribution is 7.99. The van der Waals surface area contributed by atoms with E-state index in [0.717, 1.165) is 11.5 Å². The molecule has 0 aliphatic heterocycles. The van der Waals surface area contributed by atoms with E-state index in [1.54, 1.807) is 17.8 Å². The Morgan fingerprint density at radius 3 is 2.29 bits per heavy atom. The Morgan fingerprint density at radius 1 is 0.929 bits per heavy atom. The lowest BCUT2D eigenvalue weighted by atomic mass is 10.0. The predicted molar refractivity (Wildman–Crippen MR) is 173 cm³/mol. The van der Waals surface area contributed by atoms with Crippen molar-refractivity contribution >= 4 is 36.3 Å². The number of nitrogen functional groups attached to an aromatic ring is 1. The second-order valence-corrected chi connectivity index (χ2v) is 13.6. The van der Waals surface area contributed by atoms with Gasteiger partial charge in [0.1, 0.15) is 18.2 Å². The van der Waals surface area contributed by atoms with E-state index in [2.05, 4.69) is 45.3 Å².